The average molecular weight is 228 g/mol. The summed E-state index contributed by atoms with van der Waals surface area (Å²) >= 11 is 4.36. The molecule has 0 heterocycles. The van der Waals surface area contributed by atoms with E-state index in [-0.39, 0.29) is 0 Å². The lowest BCUT2D eigenvalue weighted by molar-refractivity contribution is 0.217. The van der Waals surface area contributed by atoms with Gasteiger partial charge in [-0.1, -0.05) is 27.2 Å². The Morgan fingerprint density at radius 2 is 2.00 bits per heavy atom. The van der Waals surface area contributed by atoms with Crippen LogP contribution in [0.3, 0.4) is 0 Å². The molecule has 0 saturated carbocycles. The van der Waals surface area contributed by atoms with Crippen LogP contribution in [0.25, 0.3) is 0 Å². The lowest BCUT2D eigenvalue weighted by Gasteiger charge is -2.27. The fourth-order valence-corrected chi connectivity index (χ4v) is 2.04. The Hall–Kier alpha value is -0.200. The second-order valence-corrected chi connectivity index (χ2v) is 4.88. The molecule has 0 fully saturated rings. The highest BCUT2D eigenvalue weighted by atomic mass is 32.1. The van der Waals surface area contributed by atoms with Crippen LogP contribution >= 0.6 is 12.6 Å². The van der Waals surface area contributed by atoms with Crippen LogP contribution in [0, 0.1) is 23.2 Å². The van der Waals surface area contributed by atoms with Gasteiger partial charge in [0.1, 0.15) is 0 Å². The van der Waals surface area contributed by atoms with Crippen molar-refractivity contribution >= 4 is 12.6 Å². The molecule has 1 unspecified atom stereocenters. The number of hydrogen-bond donors (Lipinski definition) is 1. The SMILES string of the molecule is CCC(CS)CN(CCC#N)CC(C)C. The molecular weight excluding hydrogens is 204 g/mol. The Morgan fingerprint density at radius 1 is 1.33 bits per heavy atom. The number of hydrogen-bond acceptors (Lipinski definition) is 3. The minimum atomic E-state index is 0.635. The van der Waals surface area contributed by atoms with Gasteiger partial charge in [0.15, 0.2) is 0 Å². The van der Waals surface area contributed by atoms with E-state index in [0.717, 1.165) is 25.4 Å². The predicted octanol–water partition coefficient (Wildman–Crippen LogP) is 2.81. The number of rotatable bonds is 8. The van der Waals surface area contributed by atoms with Crippen molar-refractivity contribution in [2.24, 2.45) is 11.8 Å². The van der Waals surface area contributed by atoms with Gasteiger partial charge in [-0.15, -0.1) is 0 Å². The summed E-state index contributed by atoms with van der Waals surface area (Å²) in [4.78, 5) is 2.40. The summed E-state index contributed by atoms with van der Waals surface area (Å²) in [6.45, 7) is 9.73. The maximum atomic E-state index is 8.61. The molecule has 0 aromatic rings. The highest BCUT2D eigenvalue weighted by molar-refractivity contribution is 7.80. The van der Waals surface area contributed by atoms with E-state index in [0.29, 0.717) is 18.3 Å². The van der Waals surface area contributed by atoms with Gasteiger partial charge < -0.3 is 4.90 Å². The Labute approximate surface area is 100 Å². The molecule has 1 atom stereocenters. The van der Waals surface area contributed by atoms with Gasteiger partial charge in [-0.25, -0.2) is 0 Å². The van der Waals surface area contributed by atoms with Crippen LogP contribution in [0.2, 0.25) is 0 Å². The topological polar surface area (TPSA) is 27.0 Å². The Morgan fingerprint density at radius 3 is 2.40 bits per heavy atom. The first kappa shape index (κ1) is 14.8. The van der Waals surface area contributed by atoms with Gasteiger partial charge in [-0.05, 0) is 17.6 Å². The van der Waals surface area contributed by atoms with Crippen LogP contribution in [0.5, 0.6) is 0 Å². The first-order chi connectivity index (χ1) is 7.13. The smallest absolute Gasteiger partial charge is 0.0635 e. The summed E-state index contributed by atoms with van der Waals surface area (Å²) in [5.41, 5.74) is 0. The Kier molecular flexibility index (Phi) is 8.94. The molecule has 2 nitrogen and oxygen atoms in total. The Bertz CT molecular complexity index is 183. The van der Waals surface area contributed by atoms with Gasteiger partial charge in [0.05, 0.1) is 6.07 Å². The van der Waals surface area contributed by atoms with Crippen LogP contribution < -0.4 is 0 Å². The molecule has 0 bridgehead atoms. The summed E-state index contributed by atoms with van der Waals surface area (Å²) in [6.07, 6.45) is 1.81. The molecule has 0 N–H and O–H groups in total. The first-order valence-electron chi connectivity index (χ1n) is 5.84. The van der Waals surface area contributed by atoms with Crippen molar-refractivity contribution in [1.82, 2.24) is 4.90 Å². The lowest BCUT2D eigenvalue weighted by atomic mass is 10.1. The van der Waals surface area contributed by atoms with E-state index >= 15 is 0 Å². The fourth-order valence-electron chi connectivity index (χ4n) is 1.66. The summed E-state index contributed by atoms with van der Waals surface area (Å²) in [7, 11) is 0. The van der Waals surface area contributed by atoms with Crippen molar-refractivity contribution in [2.45, 2.75) is 33.6 Å². The zero-order valence-electron chi connectivity index (χ0n) is 10.2. The van der Waals surface area contributed by atoms with Gasteiger partial charge in [0, 0.05) is 26.1 Å². The van der Waals surface area contributed by atoms with Crippen LogP contribution in [0.15, 0.2) is 0 Å². The molecule has 0 amide bonds. The maximum absolute atomic E-state index is 8.61. The van der Waals surface area contributed by atoms with E-state index < -0.39 is 0 Å². The van der Waals surface area contributed by atoms with Crippen LogP contribution in [-0.2, 0) is 0 Å². The normalized spacial score (nSPS) is 13.1. The van der Waals surface area contributed by atoms with Gasteiger partial charge in [0.25, 0.3) is 0 Å². The second kappa shape index (κ2) is 9.06. The molecule has 3 heteroatoms. The van der Waals surface area contributed by atoms with Gasteiger partial charge in [-0.2, -0.15) is 17.9 Å². The number of nitriles is 1. The summed E-state index contributed by atoms with van der Waals surface area (Å²) in [5.74, 6) is 2.27. The van der Waals surface area contributed by atoms with E-state index in [9.17, 15) is 0 Å². The quantitative estimate of drug-likeness (QED) is 0.647. The molecule has 0 rings (SSSR count). The third-order valence-corrected chi connectivity index (χ3v) is 3.03. The Balaban J connectivity index is 4.04. The second-order valence-electron chi connectivity index (χ2n) is 4.52. The van der Waals surface area contributed by atoms with Gasteiger partial charge in [-0.3, -0.25) is 0 Å². The molecule has 88 valence electrons. The third-order valence-electron chi connectivity index (χ3n) is 2.52. The zero-order chi connectivity index (χ0) is 11.7. The maximum Gasteiger partial charge on any atom is 0.0635 e. The highest BCUT2D eigenvalue weighted by Crippen LogP contribution is 2.10. The van der Waals surface area contributed by atoms with Crippen LogP contribution in [0.1, 0.15) is 33.6 Å². The largest absolute Gasteiger partial charge is 0.302 e. The molecule has 0 aromatic heterocycles. The summed E-state index contributed by atoms with van der Waals surface area (Å²) in [5, 5.41) is 8.61. The minimum Gasteiger partial charge on any atom is -0.302 e. The van der Waals surface area contributed by atoms with Crippen molar-refractivity contribution in [3.63, 3.8) is 0 Å². The van der Waals surface area contributed by atoms with Crippen molar-refractivity contribution in [3.05, 3.63) is 0 Å². The molecule has 0 radical (unpaired) electrons. The standard InChI is InChI=1S/C12H24N2S/c1-4-12(10-15)9-14(7-5-6-13)8-11(2)3/h11-12,15H,4-5,7-10H2,1-3H3. The van der Waals surface area contributed by atoms with Crippen molar-refractivity contribution < 1.29 is 0 Å². The predicted molar refractivity (Wildman–Crippen MR) is 69.1 cm³/mol. The zero-order valence-corrected chi connectivity index (χ0v) is 11.1. The minimum absolute atomic E-state index is 0.635. The van der Waals surface area contributed by atoms with Gasteiger partial charge in [0.2, 0.25) is 0 Å². The van der Waals surface area contributed by atoms with Crippen molar-refractivity contribution in [3.8, 4) is 6.07 Å². The molecule has 0 aromatic carbocycles. The van der Waals surface area contributed by atoms with E-state index in [1.807, 2.05) is 0 Å². The molecule has 0 spiro atoms. The van der Waals surface area contributed by atoms with Gasteiger partial charge >= 0.3 is 0 Å². The molecule has 0 aliphatic carbocycles. The molecule has 0 saturated heterocycles. The van der Waals surface area contributed by atoms with Crippen LogP contribution in [-0.4, -0.2) is 30.3 Å². The fraction of sp³-hybridized carbons (Fsp3) is 0.917. The molecule has 0 aliphatic rings. The first-order valence-corrected chi connectivity index (χ1v) is 6.47. The van der Waals surface area contributed by atoms with Crippen molar-refractivity contribution in [2.75, 3.05) is 25.4 Å². The summed E-state index contributed by atoms with van der Waals surface area (Å²) < 4.78 is 0. The molecule has 0 aliphatic heterocycles. The molecule has 15 heavy (non-hydrogen) atoms. The van der Waals surface area contributed by atoms with E-state index in [1.165, 1.54) is 6.42 Å². The van der Waals surface area contributed by atoms with E-state index in [1.54, 1.807) is 0 Å². The average Bonchev–Trinajstić information content (AvgIpc) is 2.21. The number of thiol groups is 1. The third kappa shape index (κ3) is 7.70. The van der Waals surface area contributed by atoms with E-state index in [2.05, 4.69) is 44.4 Å². The van der Waals surface area contributed by atoms with Crippen LogP contribution in [0.4, 0.5) is 0 Å². The lowest BCUT2D eigenvalue weighted by Crippen LogP contribution is -2.34. The monoisotopic (exact) mass is 228 g/mol. The summed E-state index contributed by atoms with van der Waals surface area (Å²) in [6, 6.07) is 2.22. The van der Waals surface area contributed by atoms with Crippen molar-refractivity contribution in [1.29, 1.82) is 5.26 Å². The number of nitrogens with zero attached hydrogens (tertiary/aromatic N) is 2. The highest BCUT2D eigenvalue weighted by Gasteiger charge is 2.12. The van der Waals surface area contributed by atoms with E-state index in [4.69, 9.17) is 5.26 Å². The molecular formula is C12H24N2S.